The van der Waals surface area contributed by atoms with Gasteiger partial charge < -0.3 is 14.8 Å². The zero-order valence-electron chi connectivity index (χ0n) is 16.2. The molecule has 3 rings (SSSR count). The van der Waals surface area contributed by atoms with Crippen molar-refractivity contribution < 1.29 is 9.47 Å². The summed E-state index contributed by atoms with van der Waals surface area (Å²) in [6, 6.07) is 25.6. The van der Waals surface area contributed by atoms with Crippen LogP contribution in [0.2, 0.25) is 0 Å². The van der Waals surface area contributed by atoms with Gasteiger partial charge >= 0.3 is 0 Å². The lowest BCUT2D eigenvalue weighted by Gasteiger charge is -2.11. The fourth-order valence-electron chi connectivity index (χ4n) is 2.65. The third-order valence-corrected chi connectivity index (χ3v) is 4.28. The number of anilines is 1. The third kappa shape index (κ3) is 6.62. The highest BCUT2D eigenvalue weighted by Gasteiger charge is 2.05. The topological polar surface area (TPSA) is 54.9 Å². The van der Waals surface area contributed by atoms with Crippen molar-refractivity contribution in [1.82, 2.24) is 5.43 Å². The molecular weight excluding hydrogens is 382 g/mol. The predicted octanol–water partition coefficient (Wildman–Crippen LogP) is 4.64. The van der Waals surface area contributed by atoms with E-state index in [0.717, 1.165) is 17.7 Å². The van der Waals surface area contributed by atoms with Gasteiger partial charge in [0, 0.05) is 12.1 Å². The van der Waals surface area contributed by atoms with E-state index >= 15 is 0 Å². The van der Waals surface area contributed by atoms with Crippen LogP contribution in [-0.2, 0) is 6.42 Å². The summed E-state index contributed by atoms with van der Waals surface area (Å²) in [5.41, 5.74) is 5.81. The van der Waals surface area contributed by atoms with E-state index in [1.165, 1.54) is 5.56 Å². The molecule has 0 heterocycles. The van der Waals surface area contributed by atoms with E-state index in [4.69, 9.17) is 21.7 Å². The van der Waals surface area contributed by atoms with Gasteiger partial charge in [0.15, 0.2) is 16.6 Å². The molecule has 0 aliphatic carbocycles. The lowest BCUT2D eigenvalue weighted by molar-refractivity contribution is 0.297. The first-order chi connectivity index (χ1) is 14.2. The maximum atomic E-state index is 5.88. The number of para-hydroxylation sites is 1. The van der Waals surface area contributed by atoms with E-state index in [9.17, 15) is 0 Å². The van der Waals surface area contributed by atoms with Gasteiger partial charge in [0.1, 0.15) is 0 Å². The Hall–Kier alpha value is -3.38. The Morgan fingerprint density at radius 3 is 2.41 bits per heavy atom. The molecule has 0 saturated heterocycles. The second-order valence-electron chi connectivity index (χ2n) is 6.18. The Kier molecular flexibility index (Phi) is 7.60. The Labute approximate surface area is 176 Å². The van der Waals surface area contributed by atoms with E-state index in [1.807, 2.05) is 66.7 Å². The summed E-state index contributed by atoms with van der Waals surface area (Å²) in [6.45, 7) is 0.578. The third-order valence-electron chi connectivity index (χ3n) is 4.09. The SMILES string of the molecule is COc1cc(/C=N/NC(=S)Nc2ccccc2)ccc1OCCc1ccccc1. The minimum absolute atomic E-state index is 0.417. The number of nitrogens with one attached hydrogen (secondary N) is 2. The predicted molar refractivity (Wildman–Crippen MR) is 122 cm³/mol. The molecule has 0 unspecified atom stereocenters. The second kappa shape index (κ2) is 10.8. The van der Waals surface area contributed by atoms with Crippen molar-refractivity contribution in [3.63, 3.8) is 0 Å². The van der Waals surface area contributed by atoms with Crippen molar-refractivity contribution in [3.8, 4) is 11.5 Å². The first-order valence-corrected chi connectivity index (χ1v) is 9.65. The van der Waals surface area contributed by atoms with Crippen molar-refractivity contribution in [3.05, 3.63) is 90.0 Å². The van der Waals surface area contributed by atoms with Crippen LogP contribution in [0.4, 0.5) is 5.69 Å². The molecule has 0 spiro atoms. The molecular formula is C23H23N3O2S. The normalized spacial score (nSPS) is 10.5. The number of methoxy groups -OCH3 is 1. The van der Waals surface area contributed by atoms with Gasteiger partial charge in [-0.15, -0.1) is 0 Å². The van der Waals surface area contributed by atoms with Crippen LogP contribution in [-0.4, -0.2) is 25.0 Å². The van der Waals surface area contributed by atoms with Crippen molar-refractivity contribution >= 4 is 29.2 Å². The van der Waals surface area contributed by atoms with Crippen LogP contribution in [0, 0.1) is 0 Å². The maximum Gasteiger partial charge on any atom is 0.191 e. The highest BCUT2D eigenvalue weighted by molar-refractivity contribution is 7.80. The Bertz CT molecular complexity index is 947. The maximum absolute atomic E-state index is 5.88. The van der Waals surface area contributed by atoms with Crippen molar-refractivity contribution in [1.29, 1.82) is 0 Å². The fourth-order valence-corrected chi connectivity index (χ4v) is 2.82. The summed E-state index contributed by atoms with van der Waals surface area (Å²) in [4.78, 5) is 0. The summed E-state index contributed by atoms with van der Waals surface area (Å²) in [7, 11) is 1.62. The fraction of sp³-hybridized carbons (Fsp3) is 0.130. The van der Waals surface area contributed by atoms with Gasteiger partial charge in [0.25, 0.3) is 0 Å². The van der Waals surface area contributed by atoms with Gasteiger partial charge in [0.2, 0.25) is 0 Å². The van der Waals surface area contributed by atoms with Crippen LogP contribution >= 0.6 is 12.2 Å². The van der Waals surface area contributed by atoms with E-state index in [-0.39, 0.29) is 0 Å². The number of thiocarbonyl (C=S) groups is 1. The van der Waals surface area contributed by atoms with E-state index in [0.29, 0.717) is 23.2 Å². The standard InChI is InChI=1S/C23H23N3O2S/c1-27-22-16-19(17-24-26-23(29)25-20-10-6-3-7-11-20)12-13-21(22)28-15-14-18-8-4-2-5-9-18/h2-13,16-17H,14-15H2,1H3,(H2,25,26,29)/b24-17+. The Balaban J connectivity index is 1.52. The summed E-state index contributed by atoms with van der Waals surface area (Å²) in [6.07, 6.45) is 2.51. The molecule has 0 bridgehead atoms. The van der Waals surface area contributed by atoms with Crippen molar-refractivity contribution in [2.75, 3.05) is 19.0 Å². The average Bonchev–Trinajstić information content (AvgIpc) is 2.76. The number of benzene rings is 3. The summed E-state index contributed by atoms with van der Waals surface area (Å²) in [5, 5.41) is 7.64. The zero-order chi connectivity index (χ0) is 20.3. The molecule has 6 heteroatoms. The highest BCUT2D eigenvalue weighted by Crippen LogP contribution is 2.27. The van der Waals surface area contributed by atoms with Crippen LogP contribution in [0.25, 0.3) is 0 Å². The van der Waals surface area contributed by atoms with E-state index in [2.05, 4.69) is 28.0 Å². The van der Waals surface area contributed by atoms with Crippen LogP contribution < -0.4 is 20.2 Å². The summed E-state index contributed by atoms with van der Waals surface area (Å²) >= 11 is 5.23. The van der Waals surface area contributed by atoms with E-state index < -0.39 is 0 Å². The van der Waals surface area contributed by atoms with Crippen LogP contribution in [0.5, 0.6) is 11.5 Å². The molecule has 3 aromatic rings. The minimum atomic E-state index is 0.417. The molecule has 0 amide bonds. The molecule has 148 valence electrons. The van der Waals surface area contributed by atoms with Crippen molar-refractivity contribution in [2.24, 2.45) is 5.10 Å². The molecule has 0 aliphatic rings. The molecule has 5 nitrogen and oxygen atoms in total. The highest BCUT2D eigenvalue weighted by atomic mass is 32.1. The van der Waals surface area contributed by atoms with E-state index in [1.54, 1.807) is 13.3 Å². The minimum Gasteiger partial charge on any atom is -0.493 e. The van der Waals surface area contributed by atoms with Crippen LogP contribution in [0.1, 0.15) is 11.1 Å². The van der Waals surface area contributed by atoms with Crippen LogP contribution in [0.3, 0.4) is 0 Å². The number of rotatable bonds is 8. The molecule has 0 atom stereocenters. The number of nitrogens with zero attached hydrogens (tertiary/aromatic N) is 1. The van der Waals surface area contributed by atoms with Crippen LogP contribution in [0.15, 0.2) is 84.0 Å². The molecule has 29 heavy (non-hydrogen) atoms. The largest absolute Gasteiger partial charge is 0.493 e. The number of hydrazone groups is 1. The first kappa shape index (κ1) is 20.4. The first-order valence-electron chi connectivity index (χ1n) is 9.24. The van der Waals surface area contributed by atoms with Gasteiger partial charge in [-0.05, 0) is 53.7 Å². The average molecular weight is 406 g/mol. The summed E-state index contributed by atoms with van der Waals surface area (Å²) < 4.78 is 11.3. The lowest BCUT2D eigenvalue weighted by atomic mass is 10.2. The lowest BCUT2D eigenvalue weighted by Crippen LogP contribution is -2.23. The zero-order valence-corrected chi connectivity index (χ0v) is 17.0. The van der Waals surface area contributed by atoms with Gasteiger partial charge in [-0.2, -0.15) is 5.10 Å². The molecule has 3 aromatic carbocycles. The molecule has 0 aliphatic heterocycles. The monoisotopic (exact) mass is 405 g/mol. The van der Waals surface area contributed by atoms with Gasteiger partial charge in [0.05, 0.1) is 19.9 Å². The number of ether oxygens (including phenoxy) is 2. The van der Waals surface area contributed by atoms with Crippen molar-refractivity contribution in [2.45, 2.75) is 6.42 Å². The quantitative estimate of drug-likeness (QED) is 0.325. The molecule has 2 N–H and O–H groups in total. The molecule has 0 radical (unpaired) electrons. The van der Waals surface area contributed by atoms with Gasteiger partial charge in [-0.25, -0.2) is 0 Å². The van der Waals surface area contributed by atoms with Gasteiger partial charge in [-0.3, -0.25) is 5.43 Å². The Morgan fingerprint density at radius 2 is 1.69 bits per heavy atom. The molecule has 0 fully saturated rings. The Morgan fingerprint density at radius 1 is 0.966 bits per heavy atom. The second-order valence-corrected chi connectivity index (χ2v) is 6.59. The summed E-state index contributed by atoms with van der Waals surface area (Å²) in [5.74, 6) is 1.36. The number of hydrogen-bond donors (Lipinski definition) is 2. The molecule has 0 aromatic heterocycles. The van der Waals surface area contributed by atoms with Gasteiger partial charge in [-0.1, -0.05) is 48.5 Å². The smallest absolute Gasteiger partial charge is 0.191 e. The molecule has 0 saturated carbocycles. The number of hydrogen-bond acceptors (Lipinski definition) is 4.